The molecule has 0 amide bonds. The van der Waals surface area contributed by atoms with Gasteiger partial charge in [0.2, 0.25) is 0 Å². The molecule has 83 heavy (non-hydrogen) atoms. The average Bonchev–Trinajstić information content (AvgIpc) is 3.15. The van der Waals surface area contributed by atoms with Crippen LogP contribution in [0.15, 0.2) is 255 Å². The third kappa shape index (κ3) is 7.04. The van der Waals surface area contributed by atoms with Gasteiger partial charge in [-0.05, 0) is 115 Å². The molecule has 0 aliphatic carbocycles. The molecule has 9 heteroatoms. The average molecular weight is 1080 g/mol. The van der Waals surface area contributed by atoms with Gasteiger partial charge >= 0.3 is 6.18 Å². The van der Waals surface area contributed by atoms with Gasteiger partial charge in [-0.15, -0.1) is 0 Å². The molecule has 0 N–H and O–H groups in total. The largest absolute Gasteiger partial charge is 0.417 e. The number of fused-ring (bicyclic) bond motifs is 15. The number of hydrogen-bond acceptors (Lipinski definition) is 2. The third-order valence-corrected chi connectivity index (χ3v) is 17.0. The summed E-state index contributed by atoms with van der Waals surface area (Å²) in [4.78, 5) is 10.4. The second kappa shape index (κ2) is 17.6. The molecule has 0 saturated heterocycles. The number of nitrogens with zero attached hydrogens (tertiary/aromatic N) is 6. The number of halogens is 3. The lowest BCUT2D eigenvalue weighted by molar-refractivity contribution is -0.137. The van der Waals surface area contributed by atoms with Crippen molar-refractivity contribution in [3.8, 4) is 45.4 Å². The van der Waals surface area contributed by atoms with Gasteiger partial charge in [-0.1, -0.05) is 163 Å². The summed E-state index contributed by atoms with van der Waals surface area (Å²) in [7, 11) is 0. The van der Waals surface area contributed by atoms with Crippen molar-refractivity contribution in [1.29, 1.82) is 0 Å². The van der Waals surface area contributed by atoms with E-state index in [1.165, 1.54) is 27.6 Å². The number of benzene rings is 12. The fraction of sp³-hybridized carbons (Fsp3) is 0.0270. The van der Waals surface area contributed by atoms with E-state index < -0.39 is 11.7 Å². The zero-order valence-electron chi connectivity index (χ0n) is 44.6. The summed E-state index contributed by atoms with van der Waals surface area (Å²) in [5.74, 6) is -0.00822. The monoisotopic (exact) mass is 1070 g/mol. The molecule has 0 bridgehead atoms. The van der Waals surface area contributed by atoms with Crippen molar-refractivity contribution in [2.24, 2.45) is 0 Å². The Morgan fingerprint density at radius 2 is 0.723 bits per heavy atom. The fourth-order valence-electron chi connectivity index (χ4n) is 13.5. The number of aryl methyl sites for hydroxylation is 1. The van der Waals surface area contributed by atoms with Crippen molar-refractivity contribution in [3.63, 3.8) is 0 Å². The van der Waals surface area contributed by atoms with E-state index in [0.29, 0.717) is 22.3 Å². The first-order chi connectivity index (χ1) is 40.7. The van der Waals surface area contributed by atoms with Crippen LogP contribution in [0.25, 0.3) is 154 Å². The van der Waals surface area contributed by atoms with Crippen LogP contribution in [0.3, 0.4) is 0 Å². The molecule has 0 unspecified atom stereocenters. The van der Waals surface area contributed by atoms with E-state index in [1.54, 1.807) is 13.0 Å². The molecule has 0 spiro atoms. The third-order valence-electron chi connectivity index (χ3n) is 17.0. The second-order valence-corrected chi connectivity index (χ2v) is 21.7. The van der Waals surface area contributed by atoms with Gasteiger partial charge in [0.1, 0.15) is 0 Å². The Morgan fingerprint density at radius 1 is 0.325 bits per heavy atom. The second-order valence-electron chi connectivity index (χ2n) is 21.7. The lowest BCUT2D eigenvalue weighted by Crippen LogP contribution is -2.09. The van der Waals surface area contributed by atoms with Crippen LogP contribution in [0.5, 0.6) is 0 Å². The van der Waals surface area contributed by atoms with E-state index in [9.17, 15) is 0 Å². The van der Waals surface area contributed by atoms with Gasteiger partial charge < -0.3 is 18.3 Å². The predicted octanol–water partition coefficient (Wildman–Crippen LogP) is 19.8. The molecule has 0 fully saturated rings. The summed E-state index contributed by atoms with van der Waals surface area (Å²) < 4.78 is 55.1. The van der Waals surface area contributed by atoms with Gasteiger partial charge in [-0.3, -0.25) is 0 Å². The molecular formula is C74H45F3N6. The van der Waals surface area contributed by atoms with Crippen molar-refractivity contribution < 1.29 is 13.2 Å². The minimum atomic E-state index is -4.67. The molecule has 0 radical (unpaired) electrons. The van der Waals surface area contributed by atoms with Crippen LogP contribution in [0, 0.1) is 6.92 Å². The van der Waals surface area contributed by atoms with E-state index in [1.807, 2.05) is 24.3 Å². The van der Waals surface area contributed by atoms with Crippen LogP contribution in [-0.4, -0.2) is 28.2 Å². The Bertz CT molecular complexity index is 5240. The number of hydrogen-bond donors (Lipinski definition) is 0. The Morgan fingerprint density at radius 3 is 1.17 bits per heavy atom. The van der Waals surface area contributed by atoms with E-state index >= 15 is 13.2 Å². The van der Waals surface area contributed by atoms with Gasteiger partial charge in [-0.25, -0.2) is 9.97 Å². The van der Waals surface area contributed by atoms with E-state index in [4.69, 9.17) is 9.97 Å². The van der Waals surface area contributed by atoms with E-state index in [0.717, 1.165) is 111 Å². The summed E-state index contributed by atoms with van der Waals surface area (Å²) in [6, 6.07) is 87.5. The summed E-state index contributed by atoms with van der Waals surface area (Å²) >= 11 is 0. The van der Waals surface area contributed by atoms with E-state index in [2.05, 4.69) is 231 Å². The Labute approximate surface area is 472 Å². The van der Waals surface area contributed by atoms with Crippen LogP contribution < -0.4 is 0 Å². The van der Waals surface area contributed by atoms with Crippen molar-refractivity contribution >= 4 is 109 Å². The predicted molar refractivity (Wildman–Crippen MR) is 335 cm³/mol. The van der Waals surface area contributed by atoms with Crippen LogP contribution in [0.2, 0.25) is 0 Å². The Balaban J connectivity index is 1.01. The lowest BCUT2D eigenvalue weighted by Gasteiger charge is -2.19. The van der Waals surface area contributed by atoms with Gasteiger partial charge in [0.25, 0.3) is 0 Å². The molecule has 0 atom stereocenters. The molecule has 0 aliphatic rings. The van der Waals surface area contributed by atoms with Crippen LogP contribution >= 0.6 is 0 Å². The highest BCUT2D eigenvalue weighted by Gasteiger charge is 2.35. The molecule has 0 aliphatic heterocycles. The number of aromatic nitrogens is 6. The SMILES string of the molecule is Cc1ccc(C(F)(F)F)c(-c2nc(-c3cc(-n4c5ccccc5c5ccc(-n6c7ccccc7c7ccccc76)cc54)cc(-n4c5ccccc5c5ccc(-n6c7ccccc7c7ccccc76)cc54)c3)c3c(ccc4ccccc43)n2)c1. The van der Waals surface area contributed by atoms with Crippen LogP contribution in [0.1, 0.15) is 11.1 Å². The maximum atomic E-state index is 15.2. The maximum absolute atomic E-state index is 15.2. The summed E-state index contributed by atoms with van der Waals surface area (Å²) in [6.45, 7) is 1.80. The van der Waals surface area contributed by atoms with Gasteiger partial charge in [0.15, 0.2) is 5.82 Å². The maximum Gasteiger partial charge on any atom is 0.417 e. The number of alkyl halides is 3. The van der Waals surface area contributed by atoms with Crippen molar-refractivity contribution in [1.82, 2.24) is 28.2 Å². The summed E-state index contributed by atoms with van der Waals surface area (Å²) in [6.07, 6.45) is -4.67. The van der Waals surface area contributed by atoms with Crippen molar-refractivity contribution in [2.75, 3.05) is 0 Å². The highest BCUT2D eigenvalue weighted by atomic mass is 19.4. The first-order valence-corrected chi connectivity index (χ1v) is 27.8. The fourth-order valence-corrected chi connectivity index (χ4v) is 13.5. The van der Waals surface area contributed by atoms with Crippen LogP contribution in [0.4, 0.5) is 13.2 Å². The quantitative estimate of drug-likeness (QED) is 0.156. The van der Waals surface area contributed by atoms with Crippen LogP contribution in [-0.2, 0) is 6.18 Å². The number of rotatable bonds is 6. The first-order valence-electron chi connectivity index (χ1n) is 27.8. The Kier molecular flexibility index (Phi) is 9.99. The molecule has 0 saturated carbocycles. The van der Waals surface area contributed by atoms with Gasteiger partial charge in [0, 0.05) is 82.4 Å². The Hall–Kier alpha value is -10.8. The molecule has 5 heterocycles. The van der Waals surface area contributed by atoms with Gasteiger partial charge in [0.05, 0.1) is 60.9 Å². The zero-order chi connectivity index (χ0) is 55.2. The molecule has 12 aromatic carbocycles. The topological polar surface area (TPSA) is 45.5 Å². The zero-order valence-corrected chi connectivity index (χ0v) is 44.6. The standard InChI is InChI=1S/C74H45F3N6/c1-44-30-36-61(74(75,76)77)60(38-44)73-78-62-37-31-45-16-2-3-17-51(45)71(62)72(79-73)46-39-49(82-67-28-14-8-22-56(67)58-34-32-47(42-69(58)82)80-63-24-10-4-18-52(63)53-19-5-11-25-64(53)80)41-50(40-46)83-68-29-15-9-23-57(68)59-35-33-48(43-70(59)83)81-65-26-12-6-20-54(65)55-21-7-13-27-66(55)81/h2-43H,1H3. The minimum absolute atomic E-state index is 0.00822. The summed E-state index contributed by atoms with van der Waals surface area (Å²) in [5.41, 5.74) is 13.6. The molecule has 392 valence electrons. The molecule has 5 aromatic heterocycles. The normalized spacial score (nSPS) is 12.3. The molecule has 17 aromatic rings. The van der Waals surface area contributed by atoms with Crippen molar-refractivity contribution in [2.45, 2.75) is 13.1 Å². The van der Waals surface area contributed by atoms with Gasteiger partial charge in [-0.2, -0.15) is 13.2 Å². The highest BCUT2D eigenvalue weighted by molar-refractivity contribution is 6.16. The van der Waals surface area contributed by atoms with E-state index in [-0.39, 0.29) is 11.4 Å². The molecular weight excluding hydrogens is 1030 g/mol. The summed E-state index contributed by atoms with van der Waals surface area (Å²) in [5, 5.41) is 11.6. The molecule has 17 rings (SSSR count). The number of para-hydroxylation sites is 6. The highest BCUT2D eigenvalue weighted by Crippen LogP contribution is 2.44. The smallest absolute Gasteiger partial charge is 0.309 e. The molecule has 6 nitrogen and oxygen atoms in total. The van der Waals surface area contributed by atoms with Crippen molar-refractivity contribution in [3.05, 3.63) is 266 Å². The first kappa shape index (κ1) is 47.1. The minimum Gasteiger partial charge on any atom is -0.309 e. The lowest BCUT2D eigenvalue weighted by atomic mass is 9.98.